The number of amides is 1. The summed E-state index contributed by atoms with van der Waals surface area (Å²) in [5.74, 6) is -0.630. The van der Waals surface area contributed by atoms with Crippen LogP contribution in [0.5, 0.6) is 0 Å². The predicted molar refractivity (Wildman–Crippen MR) is 84.8 cm³/mol. The van der Waals surface area contributed by atoms with E-state index in [4.69, 9.17) is 0 Å². The van der Waals surface area contributed by atoms with Gasteiger partial charge in [0.25, 0.3) is 0 Å². The van der Waals surface area contributed by atoms with Gasteiger partial charge >= 0.3 is 0 Å². The van der Waals surface area contributed by atoms with Gasteiger partial charge in [-0.15, -0.1) is 0 Å². The van der Waals surface area contributed by atoms with Gasteiger partial charge in [0.2, 0.25) is 5.91 Å². The molecule has 1 amide bonds. The average Bonchev–Trinajstić information content (AvgIpc) is 3.19. The number of carbonyl (C=O) groups is 1. The van der Waals surface area contributed by atoms with Gasteiger partial charge in [0, 0.05) is 18.7 Å². The zero-order valence-corrected chi connectivity index (χ0v) is 13.4. The van der Waals surface area contributed by atoms with Crippen molar-refractivity contribution in [2.24, 2.45) is 5.92 Å². The lowest BCUT2D eigenvalue weighted by molar-refractivity contribution is -0.125. The van der Waals surface area contributed by atoms with E-state index >= 15 is 0 Å². The Morgan fingerprint density at radius 2 is 1.83 bits per heavy atom. The molecular weight excluding hydrogens is 298 g/mol. The maximum atomic E-state index is 13.6. The van der Waals surface area contributed by atoms with Gasteiger partial charge in [-0.25, -0.2) is 8.78 Å². The normalized spacial score (nSPS) is 22.6. The molecular formula is C18H24F2N2O. The van der Waals surface area contributed by atoms with Crippen LogP contribution in [0.25, 0.3) is 0 Å². The summed E-state index contributed by atoms with van der Waals surface area (Å²) in [6, 6.07) is 3.61. The van der Waals surface area contributed by atoms with Crippen LogP contribution in [-0.2, 0) is 11.3 Å². The van der Waals surface area contributed by atoms with Crippen molar-refractivity contribution in [3.05, 3.63) is 35.4 Å². The number of nitrogens with one attached hydrogen (secondary N) is 1. The van der Waals surface area contributed by atoms with E-state index < -0.39 is 11.6 Å². The highest BCUT2D eigenvalue weighted by atomic mass is 19.1. The number of carbonyl (C=O) groups excluding carboxylic acids is 1. The summed E-state index contributed by atoms with van der Waals surface area (Å²) < 4.78 is 27.2. The Morgan fingerprint density at radius 1 is 1.13 bits per heavy atom. The minimum atomic E-state index is -0.612. The van der Waals surface area contributed by atoms with Crippen molar-refractivity contribution in [3.63, 3.8) is 0 Å². The lowest BCUT2D eigenvalue weighted by Gasteiger charge is -2.26. The first-order valence-corrected chi connectivity index (χ1v) is 8.60. The summed E-state index contributed by atoms with van der Waals surface area (Å²) in [7, 11) is 0. The Balaban J connectivity index is 1.56. The quantitative estimate of drug-likeness (QED) is 0.902. The molecule has 2 fully saturated rings. The highest BCUT2D eigenvalue weighted by Gasteiger charge is 2.32. The van der Waals surface area contributed by atoms with E-state index in [-0.39, 0.29) is 24.1 Å². The summed E-state index contributed by atoms with van der Waals surface area (Å²) >= 11 is 0. The van der Waals surface area contributed by atoms with E-state index in [2.05, 4.69) is 10.2 Å². The van der Waals surface area contributed by atoms with Gasteiger partial charge in [0.05, 0.1) is 6.04 Å². The van der Waals surface area contributed by atoms with Gasteiger partial charge in [-0.3, -0.25) is 9.69 Å². The molecule has 126 valence electrons. The Bertz CT molecular complexity index is 538. The topological polar surface area (TPSA) is 32.3 Å². The molecule has 0 aromatic heterocycles. The molecule has 5 heteroatoms. The third-order valence-electron chi connectivity index (χ3n) is 5.13. The smallest absolute Gasteiger partial charge is 0.237 e. The second-order valence-corrected chi connectivity index (χ2v) is 6.72. The van der Waals surface area contributed by atoms with Gasteiger partial charge in [0.15, 0.2) is 0 Å². The molecule has 0 spiro atoms. The molecule has 0 bridgehead atoms. The van der Waals surface area contributed by atoms with Crippen LogP contribution in [0.2, 0.25) is 0 Å². The number of hydrogen-bond donors (Lipinski definition) is 1. The van der Waals surface area contributed by atoms with E-state index in [0.29, 0.717) is 5.92 Å². The molecule has 1 heterocycles. The van der Waals surface area contributed by atoms with Crippen molar-refractivity contribution in [2.45, 2.75) is 51.1 Å². The summed E-state index contributed by atoms with van der Waals surface area (Å²) in [5.41, 5.74) is -0.0683. The van der Waals surface area contributed by atoms with Crippen LogP contribution in [-0.4, -0.2) is 29.9 Å². The van der Waals surface area contributed by atoms with Crippen molar-refractivity contribution in [1.29, 1.82) is 0 Å². The maximum absolute atomic E-state index is 13.6. The van der Waals surface area contributed by atoms with Gasteiger partial charge < -0.3 is 5.32 Å². The van der Waals surface area contributed by atoms with E-state index in [1.54, 1.807) is 0 Å². The molecule has 1 saturated carbocycles. The van der Waals surface area contributed by atoms with E-state index in [0.717, 1.165) is 25.9 Å². The molecule has 0 unspecified atom stereocenters. The Kier molecular flexibility index (Phi) is 5.26. The SMILES string of the molecule is O=C(NCc1c(F)cccc1F)[C@H]1CCCN1CC1CCCC1. The van der Waals surface area contributed by atoms with Gasteiger partial charge in [0.1, 0.15) is 11.6 Å². The molecule has 1 aliphatic carbocycles. The van der Waals surface area contributed by atoms with Crippen LogP contribution in [0, 0.1) is 17.6 Å². The summed E-state index contributed by atoms with van der Waals surface area (Å²) in [4.78, 5) is 14.7. The van der Waals surface area contributed by atoms with E-state index in [1.807, 2.05) is 0 Å². The highest BCUT2D eigenvalue weighted by molar-refractivity contribution is 5.82. The standard InChI is InChI=1S/C18H24F2N2O/c19-15-7-3-8-16(20)14(15)11-21-18(23)17-9-4-10-22(17)12-13-5-1-2-6-13/h3,7-8,13,17H,1-2,4-6,9-12H2,(H,21,23)/t17-/m1/s1. The Labute approximate surface area is 136 Å². The minimum Gasteiger partial charge on any atom is -0.350 e. The van der Waals surface area contributed by atoms with Crippen LogP contribution >= 0.6 is 0 Å². The average molecular weight is 322 g/mol. The summed E-state index contributed by atoms with van der Waals surface area (Å²) in [5, 5.41) is 2.72. The molecule has 0 radical (unpaired) electrons. The second-order valence-electron chi connectivity index (χ2n) is 6.72. The van der Waals surface area contributed by atoms with Crippen molar-refractivity contribution < 1.29 is 13.6 Å². The second kappa shape index (κ2) is 7.39. The predicted octanol–water partition coefficient (Wildman–Crippen LogP) is 3.24. The molecule has 1 N–H and O–H groups in total. The van der Waals surface area contributed by atoms with Crippen LogP contribution < -0.4 is 5.32 Å². The third-order valence-corrected chi connectivity index (χ3v) is 5.13. The monoisotopic (exact) mass is 322 g/mol. The zero-order valence-electron chi connectivity index (χ0n) is 13.4. The van der Waals surface area contributed by atoms with Crippen molar-refractivity contribution in [3.8, 4) is 0 Å². The molecule has 1 atom stereocenters. The molecule has 2 aliphatic rings. The number of benzene rings is 1. The molecule has 1 saturated heterocycles. The minimum absolute atomic E-state index is 0.0683. The third kappa shape index (κ3) is 3.89. The Hall–Kier alpha value is -1.49. The van der Waals surface area contributed by atoms with Crippen LogP contribution in [0.3, 0.4) is 0 Å². The fourth-order valence-electron chi connectivity index (χ4n) is 3.86. The van der Waals surface area contributed by atoms with Crippen LogP contribution in [0.15, 0.2) is 18.2 Å². The molecule has 1 aromatic carbocycles. The largest absolute Gasteiger partial charge is 0.350 e. The van der Waals surface area contributed by atoms with Crippen molar-refractivity contribution >= 4 is 5.91 Å². The van der Waals surface area contributed by atoms with Crippen LogP contribution in [0.1, 0.15) is 44.1 Å². The number of rotatable bonds is 5. The summed E-state index contributed by atoms with van der Waals surface area (Å²) in [6.45, 7) is 1.83. The molecule has 1 aliphatic heterocycles. The van der Waals surface area contributed by atoms with Gasteiger partial charge in [-0.05, 0) is 50.3 Å². The molecule has 23 heavy (non-hydrogen) atoms. The first kappa shape index (κ1) is 16.4. The molecule has 3 rings (SSSR count). The number of nitrogens with zero attached hydrogens (tertiary/aromatic N) is 1. The van der Waals surface area contributed by atoms with Gasteiger partial charge in [-0.1, -0.05) is 18.9 Å². The molecule has 1 aromatic rings. The van der Waals surface area contributed by atoms with E-state index in [9.17, 15) is 13.6 Å². The Morgan fingerprint density at radius 3 is 2.52 bits per heavy atom. The molecule has 3 nitrogen and oxygen atoms in total. The van der Waals surface area contributed by atoms with Gasteiger partial charge in [-0.2, -0.15) is 0 Å². The maximum Gasteiger partial charge on any atom is 0.237 e. The zero-order chi connectivity index (χ0) is 16.2. The van der Waals surface area contributed by atoms with Crippen molar-refractivity contribution in [1.82, 2.24) is 10.2 Å². The first-order valence-electron chi connectivity index (χ1n) is 8.60. The van der Waals surface area contributed by atoms with E-state index in [1.165, 1.54) is 43.9 Å². The van der Waals surface area contributed by atoms with Crippen molar-refractivity contribution in [2.75, 3.05) is 13.1 Å². The fraction of sp³-hybridized carbons (Fsp3) is 0.611. The summed E-state index contributed by atoms with van der Waals surface area (Å²) in [6.07, 6.45) is 6.94. The number of halogens is 2. The number of hydrogen-bond acceptors (Lipinski definition) is 2. The highest BCUT2D eigenvalue weighted by Crippen LogP contribution is 2.28. The first-order chi connectivity index (χ1) is 11.1. The lowest BCUT2D eigenvalue weighted by Crippen LogP contribution is -2.44. The fourth-order valence-corrected chi connectivity index (χ4v) is 3.86. The van der Waals surface area contributed by atoms with Crippen LogP contribution in [0.4, 0.5) is 8.78 Å². The lowest BCUT2D eigenvalue weighted by atomic mass is 10.1. The number of likely N-dealkylation sites (tertiary alicyclic amines) is 1.